The average Bonchev–Trinajstić information content (AvgIpc) is 3.10. The predicted octanol–water partition coefficient (Wildman–Crippen LogP) is 3.07. The molecule has 0 N–H and O–H groups in total. The van der Waals surface area contributed by atoms with E-state index in [1.807, 2.05) is 42.5 Å². The number of allylic oxidation sites excluding steroid dienone is 1. The molecular formula is C16H19NO. The maximum atomic E-state index is 12.4. The van der Waals surface area contributed by atoms with Crippen molar-refractivity contribution >= 4 is 5.78 Å². The lowest BCUT2D eigenvalue weighted by Gasteiger charge is -1.99. The van der Waals surface area contributed by atoms with Crippen LogP contribution in [0.4, 0.5) is 0 Å². The van der Waals surface area contributed by atoms with E-state index < -0.39 is 0 Å². The lowest BCUT2D eigenvalue weighted by molar-refractivity contribution is 0.0975. The van der Waals surface area contributed by atoms with Crippen molar-refractivity contribution in [2.75, 3.05) is 6.54 Å². The molecule has 0 amide bonds. The lowest BCUT2D eigenvalue weighted by atomic mass is 10.0. The van der Waals surface area contributed by atoms with Crippen LogP contribution in [0, 0.1) is 0 Å². The summed E-state index contributed by atoms with van der Waals surface area (Å²) in [5.41, 5.74) is 0.803. The van der Waals surface area contributed by atoms with E-state index in [0.717, 1.165) is 24.9 Å². The summed E-state index contributed by atoms with van der Waals surface area (Å²) in [5.74, 6) is 0.228. The molecule has 18 heavy (non-hydrogen) atoms. The van der Waals surface area contributed by atoms with Gasteiger partial charge in [0.2, 0.25) is 0 Å². The molecule has 0 aromatic heterocycles. The van der Waals surface area contributed by atoms with Crippen LogP contribution in [0.15, 0.2) is 55.6 Å². The molecule has 1 aliphatic heterocycles. The van der Waals surface area contributed by atoms with Gasteiger partial charge in [-0.2, -0.15) is 0 Å². The Morgan fingerprint density at radius 2 is 1.94 bits per heavy atom. The minimum atomic E-state index is 0.0327. The van der Waals surface area contributed by atoms with Crippen LogP contribution in [0.5, 0.6) is 0 Å². The van der Waals surface area contributed by atoms with Gasteiger partial charge in [0.25, 0.3) is 0 Å². The van der Waals surface area contributed by atoms with Gasteiger partial charge in [-0.25, -0.2) is 0 Å². The van der Waals surface area contributed by atoms with Crippen LogP contribution >= 0.6 is 0 Å². The van der Waals surface area contributed by atoms with Gasteiger partial charge in [-0.05, 0) is 12.8 Å². The maximum Gasteiger partial charge on any atom is 0.181 e. The number of nitrogens with zero attached hydrogens (tertiary/aromatic N) is 1. The summed E-state index contributed by atoms with van der Waals surface area (Å²) in [4.78, 5) is 14.6. The fourth-order valence-electron chi connectivity index (χ4n) is 2.44. The van der Waals surface area contributed by atoms with E-state index in [1.54, 1.807) is 0 Å². The van der Waals surface area contributed by atoms with Crippen molar-refractivity contribution in [2.24, 2.45) is 0 Å². The summed E-state index contributed by atoms with van der Waals surface area (Å²) in [6.45, 7) is 8.27. The number of ketones is 1. The fraction of sp³-hybridized carbons (Fsp3) is 0.312. The van der Waals surface area contributed by atoms with Gasteiger partial charge in [-0.15, -0.1) is 13.2 Å². The van der Waals surface area contributed by atoms with Crippen molar-refractivity contribution in [1.29, 1.82) is 0 Å². The number of carbonyl (C=O) groups excluding carboxylic acids is 1. The average molecular weight is 241 g/mol. The molecule has 2 heteroatoms. The summed E-state index contributed by atoms with van der Waals surface area (Å²) < 4.78 is 0. The number of carbonyl (C=O) groups is 1. The Hall–Kier alpha value is -1.67. The van der Waals surface area contributed by atoms with Gasteiger partial charge in [-0.3, -0.25) is 9.69 Å². The fourth-order valence-corrected chi connectivity index (χ4v) is 2.44. The molecule has 0 spiro atoms. The van der Waals surface area contributed by atoms with Crippen LogP contribution in [0.25, 0.3) is 0 Å². The largest absolute Gasteiger partial charge is 0.292 e. The Bertz CT molecular complexity index is 438. The highest BCUT2D eigenvalue weighted by Crippen LogP contribution is 2.34. The summed E-state index contributed by atoms with van der Waals surface area (Å²) in [6, 6.07) is 9.91. The second kappa shape index (κ2) is 5.78. The predicted molar refractivity (Wildman–Crippen MR) is 74.7 cm³/mol. The van der Waals surface area contributed by atoms with E-state index in [2.05, 4.69) is 18.1 Å². The third-order valence-corrected chi connectivity index (χ3v) is 3.39. The molecule has 3 atom stereocenters. The number of Topliss-reactive ketones (excluding diaryl/α,β-unsaturated/α-hetero) is 1. The quantitative estimate of drug-likeness (QED) is 0.415. The third kappa shape index (κ3) is 2.59. The highest BCUT2D eigenvalue weighted by molar-refractivity contribution is 6.02. The van der Waals surface area contributed by atoms with Crippen LogP contribution < -0.4 is 0 Å². The standard InChI is InChI=1S/C16H19NO/c1-3-5-11-14-15(17(14)12-4-2)16(18)13-9-7-6-8-10-13/h3-4,6-10,14-15H,1-2,5,11-12H2. The maximum absolute atomic E-state index is 12.4. The van der Waals surface area contributed by atoms with Gasteiger partial charge in [-0.1, -0.05) is 42.5 Å². The van der Waals surface area contributed by atoms with Gasteiger partial charge in [0.15, 0.2) is 5.78 Å². The third-order valence-electron chi connectivity index (χ3n) is 3.39. The van der Waals surface area contributed by atoms with Gasteiger partial charge >= 0.3 is 0 Å². The minimum Gasteiger partial charge on any atom is -0.292 e. The summed E-state index contributed by atoms with van der Waals surface area (Å²) in [5, 5.41) is 0. The van der Waals surface area contributed by atoms with E-state index in [-0.39, 0.29) is 11.8 Å². The zero-order valence-corrected chi connectivity index (χ0v) is 10.6. The monoisotopic (exact) mass is 241 g/mol. The molecule has 0 bridgehead atoms. The zero-order chi connectivity index (χ0) is 13.0. The Morgan fingerprint density at radius 3 is 2.56 bits per heavy atom. The molecule has 0 aliphatic carbocycles. The first-order valence-corrected chi connectivity index (χ1v) is 6.36. The highest BCUT2D eigenvalue weighted by Gasteiger charge is 2.50. The second-order valence-electron chi connectivity index (χ2n) is 4.59. The first kappa shape index (κ1) is 12.8. The molecule has 94 valence electrons. The van der Waals surface area contributed by atoms with Gasteiger partial charge in [0.05, 0.1) is 6.04 Å². The molecule has 1 aromatic rings. The van der Waals surface area contributed by atoms with Gasteiger partial charge < -0.3 is 0 Å². The Labute approximate surface area is 109 Å². The van der Waals surface area contributed by atoms with Crippen molar-refractivity contribution in [3.05, 3.63) is 61.2 Å². The molecule has 3 unspecified atom stereocenters. The minimum absolute atomic E-state index is 0.0327. The van der Waals surface area contributed by atoms with E-state index in [0.29, 0.717) is 6.04 Å². The molecule has 2 rings (SSSR count). The molecule has 1 saturated heterocycles. The van der Waals surface area contributed by atoms with E-state index in [1.165, 1.54) is 0 Å². The first-order valence-electron chi connectivity index (χ1n) is 6.36. The molecule has 0 saturated carbocycles. The Balaban J connectivity index is 2.05. The zero-order valence-electron chi connectivity index (χ0n) is 10.6. The SMILES string of the molecule is C=CCCC1C(C(=O)c2ccccc2)N1CC=C. The Kier molecular flexibility index (Phi) is 4.11. The van der Waals surface area contributed by atoms with Gasteiger partial charge in [0, 0.05) is 18.2 Å². The highest BCUT2D eigenvalue weighted by atomic mass is 16.1. The van der Waals surface area contributed by atoms with Crippen LogP contribution in [-0.2, 0) is 0 Å². The molecule has 0 radical (unpaired) electrons. The summed E-state index contributed by atoms with van der Waals surface area (Å²) in [6.07, 6.45) is 5.73. The number of rotatable bonds is 7. The summed E-state index contributed by atoms with van der Waals surface area (Å²) in [7, 11) is 0. The van der Waals surface area contributed by atoms with Crippen molar-refractivity contribution in [1.82, 2.24) is 4.90 Å². The summed E-state index contributed by atoms with van der Waals surface area (Å²) >= 11 is 0. The van der Waals surface area contributed by atoms with Crippen molar-refractivity contribution < 1.29 is 4.79 Å². The molecule has 2 nitrogen and oxygen atoms in total. The lowest BCUT2D eigenvalue weighted by Crippen LogP contribution is -2.13. The normalized spacial score (nSPS) is 25.4. The molecule has 1 fully saturated rings. The Morgan fingerprint density at radius 1 is 1.22 bits per heavy atom. The van der Waals surface area contributed by atoms with Crippen molar-refractivity contribution in [3.8, 4) is 0 Å². The second-order valence-corrected chi connectivity index (χ2v) is 4.59. The van der Waals surface area contributed by atoms with Crippen LogP contribution in [0.3, 0.4) is 0 Å². The van der Waals surface area contributed by atoms with E-state index in [4.69, 9.17) is 0 Å². The topological polar surface area (TPSA) is 20.1 Å². The number of benzene rings is 1. The first-order chi connectivity index (χ1) is 8.79. The molecular weight excluding hydrogens is 222 g/mol. The number of hydrogen-bond donors (Lipinski definition) is 0. The smallest absolute Gasteiger partial charge is 0.181 e. The van der Waals surface area contributed by atoms with Crippen LogP contribution in [-0.4, -0.2) is 29.3 Å². The van der Waals surface area contributed by atoms with Gasteiger partial charge in [0.1, 0.15) is 0 Å². The molecule has 1 aliphatic rings. The van der Waals surface area contributed by atoms with Crippen molar-refractivity contribution in [2.45, 2.75) is 24.9 Å². The van der Waals surface area contributed by atoms with E-state index >= 15 is 0 Å². The number of hydrogen-bond acceptors (Lipinski definition) is 2. The molecule has 1 heterocycles. The van der Waals surface area contributed by atoms with Crippen molar-refractivity contribution in [3.63, 3.8) is 0 Å². The van der Waals surface area contributed by atoms with E-state index in [9.17, 15) is 4.79 Å². The molecule has 1 aromatic carbocycles. The van der Waals surface area contributed by atoms with Crippen LogP contribution in [0.2, 0.25) is 0 Å². The van der Waals surface area contributed by atoms with Crippen LogP contribution in [0.1, 0.15) is 23.2 Å².